The van der Waals surface area contributed by atoms with Crippen LogP contribution in [-0.4, -0.2) is 0 Å². The zero-order valence-corrected chi connectivity index (χ0v) is 7.09. The number of hydrogen-bond acceptors (Lipinski definition) is 1. The molecule has 62 valence electrons. The minimum atomic E-state index is 0.727. The fourth-order valence-electron chi connectivity index (χ4n) is 1.24. The van der Waals surface area contributed by atoms with Gasteiger partial charge in [-0.2, -0.15) is 0 Å². The molecule has 0 bridgehead atoms. The van der Waals surface area contributed by atoms with E-state index in [2.05, 4.69) is 24.0 Å². The summed E-state index contributed by atoms with van der Waals surface area (Å²) in [6.07, 6.45) is 2.61. The fourth-order valence-corrected chi connectivity index (χ4v) is 1.24. The highest BCUT2D eigenvalue weighted by Gasteiger charge is 2.24. The molecule has 1 fully saturated rings. The van der Waals surface area contributed by atoms with Gasteiger partial charge in [0.05, 0.1) is 0 Å². The normalized spacial score (nSPS) is 15.7. The summed E-state index contributed by atoms with van der Waals surface area (Å²) >= 11 is 0. The summed E-state index contributed by atoms with van der Waals surface area (Å²) in [5.74, 6) is 0.727. The van der Waals surface area contributed by atoms with Crippen LogP contribution in [0.2, 0.25) is 0 Å². The van der Waals surface area contributed by atoms with E-state index in [1.165, 1.54) is 18.5 Å². The van der Waals surface area contributed by atoms with Gasteiger partial charge >= 0.3 is 0 Å². The summed E-state index contributed by atoms with van der Waals surface area (Å²) in [5.41, 5.74) is 2.32. The third-order valence-corrected chi connectivity index (χ3v) is 2.15. The van der Waals surface area contributed by atoms with E-state index in [1.54, 1.807) is 0 Å². The Morgan fingerprint density at radius 2 is 1.92 bits per heavy atom. The standard InChI is InChI=1S/C11H13N/c1-9(10-7-8-10)12-11-5-3-2-4-6-11/h2-6,10,12H,1,7-8H2. The van der Waals surface area contributed by atoms with Crippen LogP contribution in [0.5, 0.6) is 0 Å². The molecule has 0 spiro atoms. The van der Waals surface area contributed by atoms with Gasteiger partial charge in [0, 0.05) is 11.4 Å². The molecule has 1 nitrogen and oxygen atoms in total. The van der Waals surface area contributed by atoms with Crippen molar-refractivity contribution in [2.75, 3.05) is 5.32 Å². The third-order valence-electron chi connectivity index (χ3n) is 2.15. The smallest absolute Gasteiger partial charge is 0.0381 e. The molecule has 1 aliphatic rings. The second-order valence-corrected chi connectivity index (χ2v) is 3.29. The maximum Gasteiger partial charge on any atom is 0.0381 e. The van der Waals surface area contributed by atoms with Crippen molar-refractivity contribution in [2.45, 2.75) is 12.8 Å². The Bertz CT molecular complexity index is 272. The predicted octanol–water partition coefficient (Wildman–Crippen LogP) is 3.02. The molecule has 0 aromatic heterocycles. The van der Waals surface area contributed by atoms with Crippen LogP contribution in [0.3, 0.4) is 0 Å². The Morgan fingerprint density at radius 3 is 2.50 bits per heavy atom. The molecule has 1 heteroatoms. The second kappa shape index (κ2) is 3.02. The average Bonchev–Trinajstić information content (AvgIpc) is 2.88. The van der Waals surface area contributed by atoms with Gasteiger partial charge in [0.15, 0.2) is 0 Å². The van der Waals surface area contributed by atoms with Crippen molar-refractivity contribution in [1.29, 1.82) is 0 Å². The molecule has 1 saturated carbocycles. The number of anilines is 1. The molecule has 1 aromatic carbocycles. The summed E-state index contributed by atoms with van der Waals surface area (Å²) in [6.45, 7) is 4.00. The van der Waals surface area contributed by atoms with Gasteiger partial charge in [-0.3, -0.25) is 0 Å². The zero-order valence-electron chi connectivity index (χ0n) is 7.09. The predicted molar refractivity (Wildman–Crippen MR) is 51.9 cm³/mol. The molecule has 1 aromatic rings. The van der Waals surface area contributed by atoms with Crippen molar-refractivity contribution in [1.82, 2.24) is 0 Å². The number of nitrogens with one attached hydrogen (secondary N) is 1. The number of para-hydroxylation sites is 1. The van der Waals surface area contributed by atoms with Crippen LogP contribution in [0, 0.1) is 5.92 Å². The molecule has 12 heavy (non-hydrogen) atoms. The van der Waals surface area contributed by atoms with Crippen molar-refractivity contribution < 1.29 is 0 Å². The van der Waals surface area contributed by atoms with E-state index >= 15 is 0 Å². The molecule has 1 N–H and O–H groups in total. The molecule has 0 amide bonds. The monoisotopic (exact) mass is 159 g/mol. The lowest BCUT2D eigenvalue weighted by atomic mass is 10.2. The molecule has 0 radical (unpaired) electrons. The average molecular weight is 159 g/mol. The lowest BCUT2D eigenvalue weighted by Gasteiger charge is -2.07. The fraction of sp³-hybridized carbons (Fsp3) is 0.273. The number of allylic oxidation sites excluding steroid dienone is 1. The summed E-state index contributed by atoms with van der Waals surface area (Å²) in [7, 11) is 0. The van der Waals surface area contributed by atoms with Gasteiger partial charge in [0.2, 0.25) is 0 Å². The van der Waals surface area contributed by atoms with Crippen LogP contribution in [0.4, 0.5) is 5.69 Å². The minimum Gasteiger partial charge on any atom is -0.359 e. The number of benzene rings is 1. The van der Waals surface area contributed by atoms with Gasteiger partial charge in [-0.15, -0.1) is 0 Å². The van der Waals surface area contributed by atoms with Gasteiger partial charge in [0.25, 0.3) is 0 Å². The molecular formula is C11H13N. The van der Waals surface area contributed by atoms with E-state index in [9.17, 15) is 0 Å². The first-order valence-corrected chi connectivity index (χ1v) is 4.37. The van der Waals surface area contributed by atoms with E-state index in [1.807, 2.05) is 18.2 Å². The van der Waals surface area contributed by atoms with Gasteiger partial charge in [-0.1, -0.05) is 24.8 Å². The third kappa shape index (κ3) is 1.67. The van der Waals surface area contributed by atoms with Crippen LogP contribution in [0.1, 0.15) is 12.8 Å². The maximum absolute atomic E-state index is 4.00. The lowest BCUT2D eigenvalue weighted by molar-refractivity contribution is 1.02. The van der Waals surface area contributed by atoms with Crippen molar-refractivity contribution in [3.05, 3.63) is 42.6 Å². The lowest BCUT2D eigenvalue weighted by Crippen LogP contribution is -1.98. The van der Waals surface area contributed by atoms with Gasteiger partial charge < -0.3 is 5.32 Å². The van der Waals surface area contributed by atoms with Crippen molar-refractivity contribution in [3.8, 4) is 0 Å². The highest BCUT2D eigenvalue weighted by atomic mass is 14.9. The zero-order chi connectivity index (χ0) is 8.39. The minimum absolute atomic E-state index is 0.727. The van der Waals surface area contributed by atoms with Crippen LogP contribution in [-0.2, 0) is 0 Å². The summed E-state index contributed by atoms with van der Waals surface area (Å²) in [5, 5.41) is 3.31. The second-order valence-electron chi connectivity index (χ2n) is 3.29. The molecule has 1 aliphatic carbocycles. The molecule has 0 atom stereocenters. The van der Waals surface area contributed by atoms with Crippen LogP contribution < -0.4 is 5.32 Å². The van der Waals surface area contributed by atoms with E-state index in [4.69, 9.17) is 0 Å². The van der Waals surface area contributed by atoms with Gasteiger partial charge in [-0.25, -0.2) is 0 Å². The van der Waals surface area contributed by atoms with Crippen LogP contribution >= 0.6 is 0 Å². The molecule has 0 unspecified atom stereocenters. The summed E-state index contributed by atoms with van der Waals surface area (Å²) in [4.78, 5) is 0. The van der Waals surface area contributed by atoms with E-state index < -0.39 is 0 Å². The maximum atomic E-state index is 4.00. The Kier molecular flexibility index (Phi) is 1.86. The Hall–Kier alpha value is -1.24. The number of hydrogen-bond donors (Lipinski definition) is 1. The number of rotatable bonds is 3. The largest absolute Gasteiger partial charge is 0.359 e. The van der Waals surface area contributed by atoms with Gasteiger partial charge in [0.1, 0.15) is 0 Å². The molecular weight excluding hydrogens is 146 g/mol. The van der Waals surface area contributed by atoms with Crippen LogP contribution in [0.15, 0.2) is 42.6 Å². The van der Waals surface area contributed by atoms with Crippen molar-refractivity contribution in [2.24, 2.45) is 5.92 Å². The molecule has 0 aliphatic heterocycles. The Labute approximate surface area is 73.1 Å². The van der Waals surface area contributed by atoms with Crippen molar-refractivity contribution in [3.63, 3.8) is 0 Å². The van der Waals surface area contributed by atoms with E-state index in [-0.39, 0.29) is 0 Å². The first-order chi connectivity index (χ1) is 5.86. The van der Waals surface area contributed by atoms with E-state index in [0.717, 1.165) is 11.6 Å². The molecule has 0 heterocycles. The SMILES string of the molecule is C=C(Nc1ccccc1)C1CC1. The summed E-state index contributed by atoms with van der Waals surface area (Å²) in [6, 6.07) is 10.2. The first-order valence-electron chi connectivity index (χ1n) is 4.37. The highest BCUT2D eigenvalue weighted by Crippen LogP contribution is 2.35. The Morgan fingerprint density at radius 1 is 1.25 bits per heavy atom. The molecule has 2 rings (SSSR count). The van der Waals surface area contributed by atoms with E-state index in [0.29, 0.717) is 0 Å². The van der Waals surface area contributed by atoms with Gasteiger partial charge in [-0.05, 0) is 30.9 Å². The molecule has 0 saturated heterocycles. The van der Waals surface area contributed by atoms with Crippen molar-refractivity contribution >= 4 is 5.69 Å². The highest BCUT2D eigenvalue weighted by molar-refractivity contribution is 5.48. The Balaban J connectivity index is 1.98. The first kappa shape index (κ1) is 7.41. The summed E-state index contributed by atoms with van der Waals surface area (Å²) < 4.78 is 0. The topological polar surface area (TPSA) is 12.0 Å². The quantitative estimate of drug-likeness (QED) is 0.714. The van der Waals surface area contributed by atoms with Crippen LogP contribution in [0.25, 0.3) is 0 Å².